The van der Waals surface area contributed by atoms with Crippen LogP contribution in [0.25, 0.3) is 0 Å². The quantitative estimate of drug-likeness (QED) is 0.534. The Kier molecular flexibility index (Phi) is 6.50. The predicted molar refractivity (Wildman–Crippen MR) is 127 cm³/mol. The smallest absolute Gasteiger partial charge is 0.264 e. The Morgan fingerprint density at radius 3 is 2.64 bits per heavy atom. The summed E-state index contributed by atoms with van der Waals surface area (Å²) in [5.74, 6) is 0.835. The maximum atomic E-state index is 13.4. The molecule has 0 aliphatic carbocycles. The molecule has 0 bridgehead atoms. The largest absolute Gasteiger partial charge is 0.497 e. The first-order valence-electron chi connectivity index (χ1n) is 10.4. The fraction of sp³-hybridized carbons (Fsp3) is 0.292. The summed E-state index contributed by atoms with van der Waals surface area (Å²) in [6.07, 6.45) is 2.45. The van der Waals surface area contributed by atoms with Crippen molar-refractivity contribution in [3.05, 3.63) is 70.2 Å². The number of likely N-dealkylation sites (N-methyl/N-ethyl adjacent to an activating group) is 1. The number of amides is 2. The van der Waals surface area contributed by atoms with Crippen molar-refractivity contribution < 1.29 is 19.1 Å². The van der Waals surface area contributed by atoms with E-state index in [-0.39, 0.29) is 18.4 Å². The highest BCUT2D eigenvalue weighted by atomic mass is 32.1. The number of aryl methyl sites for hydroxylation is 1. The summed E-state index contributed by atoms with van der Waals surface area (Å²) in [4.78, 5) is 28.1. The SMILES string of the molecule is COc1ccc(OC)c(C2CC(c3cccn3C)=NN2C(=O)CN(C)C(=O)c2cccs2)c1. The van der Waals surface area contributed by atoms with Gasteiger partial charge in [-0.15, -0.1) is 11.3 Å². The molecule has 9 heteroatoms. The van der Waals surface area contributed by atoms with Gasteiger partial charge in [0.1, 0.15) is 18.0 Å². The lowest BCUT2D eigenvalue weighted by atomic mass is 9.99. The van der Waals surface area contributed by atoms with Crippen LogP contribution in [-0.2, 0) is 11.8 Å². The number of thiophene rings is 1. The van der Waals surface area contributed by atoms with E-state index in [4.69, 9.17) is 14.6 Å². The summed E-state index contributed by atoms with van der Waals surface area (Å²) in [5, 5.41) is 8.01. The fourth-order valence-electron chi connectivity index (χ4n) is 3.93. The number of hydrogen-bond donors (Lipinski definition) is 0. The van der Waals surface area contributed by atoms with Gasteiger partial charge in [-0.2, -0.15) is 5.10 Å². The minimum Gasteiger partial charge on any atom is -0.497 e. The van der Waals surface area contributed by atoms with Crippen molar-refractivity contribution in [2.24, 2.45) is 12.1 Å². The number of benzene rings is 1. The molecule has 0 spiro atoms. The first-order valence-corrected chi connectivity index (χ1v) is 11.3. The highest BCUT2D eigenvalue weighted by Gasteiger charge is 2.36. The maximum Gasteiger partial charge on any atom is 0.264 e. The number of methoxy groups -OCH3 is 2. The molecule has 2 aromatic heterocycles. The average Bonchev–Trinajstić information content (AvgIpc) is 3.58. The number of ether oxygens (including phenoxy) is 2. The van der Waals surface area contributed by atoms with Crippen LogP contribution in [-0.4, -0.2) is 59.8 Å². The van der Waals surface area contributed by atoms with Gasteiger partial charge in [0.2, 0.25) is 0 Å². The van der Waals surface area contributed by atoms with Crippen LogP contribution >= 0.6 is 11.3 Å². The predicted octanol–water partition coefficient (Wildman–Crippen LogP) is 3.55. The molecule has 0 fully saturated rings. The highest BCUT2D eigenvalue weighted by molar-refractivity contribution is 7.12. The topological polar surface area (TPSA) is 76.4 Å². The Morgan fingerprint density at radius 1 is 1.18 bits per heavy atom. The number of hydrogen-bond acceptors (Lipinski definition) is 6. The van der Waals surface area contributed by atoms with Gasteiger partial charge in [-0.25, -0.2) is 5.01 Å². The standard InChI is InChI=1S/C24H26N4O4S/c1-26-11-5-7-19(26)18-14-20(17-13-16(31-3)9-10-21(17)32-4)28(25-18)23(29)15-27(2)24(30)22-8-6-12-33-22/h5-13,20H,14-15H2,1-4H3. The summed E-state index contributed by atoms with van der Waals surface area (Å²) < 4.78 is 13.0. The van der Waals surface area contributed by atoms with Crippen LogP contribution in [0.3, 0.4) is 0 Å². The number of nitrogens with zero attached hydrogens (tertiary/aromatic N) is 4. The molecule has 2 amide bonds. The average molecular weight is 467 g/mol. The van der Waals surface area contributed by atoms with Gasteiger partial charge in [0, 0.05) is 32.3 Å². The van der Waals surface area contributed by atoms with Gasteiger partial charge in [0.05, 0.1) is 36.5 Å². The lowest BCUT2D eigenvalue weighted by Crippen LogP contribution is -2.39. The van der Waals surface area contributed by atoms with Gasteiger partial charge >= 0.3 is 0 Å². The Balaban J connectivity index is 1.67. The normalized spacial score (nSPS) is 15.3. The lowest BCUT2D eigenvalue weighted by Gasteiger charge is -2.26. The zero-order chi connectivity index (χ0) is 23.5. The molecule has 33 heavy (non-hydrogen) atoms. The third-order valence-corrected chi connectivity index (χ3v) is 6.51. The molecule has 1 atom stereocenters. The van der Waals surface area contributed by atoms with Crippen molar-refractivity contribution in [1.82, 2.24) is 14.5 Å². The zero-order valence-electron chi connectivity index (χ0n) is 19.0. The second-order valence-corrected chi connectivity index (χ2v) is 8.70. The van der Waals surface area contributed by atoms with Crippen molar-refractivity contribution in [3.63, 3.8) is 0 Å². The summed E-state index contributed by atoms with van der Waals surface area (Å²) in [6, 6.07) is 12.6. The molecule has 1 aliphatic heterocycles. The monoisotopic (exact) mass is 466 g/mol. The van der Waals surface area contributed by atoms with E-state index < -0.39 is 6.04 Å². The third kappa shape index (κ3) is 4.49. The molecule has 172 valence electrons. The highest BCUT2D eigenvalue weighted by Crippen LogP contribution is 2.39. The van der Waals surface area contributed by atoms with Crippen LogP contribution in [0.5, 0.6) is 11.5 Å². The Bertz CT molecular complexity index is 1190. The van der Waals surface area contributed by atoms with Crippen molar-refractivity contribution in [3.8, 4) is 11.5 Å². The number of carbonyl (C=O) groups is 2. The number of hydrazone groups is 1. The molecule has 3 heterocycles. The molecule has 0 radical (unpaired) electrons. The second-order valence-electron chi connectivity index (χ2n) is 7.76. The third-order valence-electron chi connectivity index (χ3n) is 5.65. The van der Waals surface area contributed by atoms with Gasteiger partial charge in [-0.05, 0) is 41.8 Å². The Morgan fingerprint density at radius 2 is 2.00 bits per heavy atom. The number of rotatable bonds is 7. The molecule has 4 rings (SSSR count). The second kappa shape index (κ2) is 9.50. The van der Waals surface area contributed by atoms with Crippen molar-refractivity contribution in [2.45, 2.75) is 12.5 Å². The van der Waals surface area contributed by atoms with E-state index in [1.54, 1.807) is 27.3 Å². The molecule has 0 saturated heterocycles. The molecular formula is C24H26N4O4S. The zero-order valence-corrected chi connectivity index (χ0v) is 19.8. The van der Waals surface area contributed by atoms with Crippen LogP contribution < -0.4 is 9.47 Å². The van der Waals surface area contributed by atoms with Gasteiger partial charge in [0.15, 0.2) is 0 Å². The Labute approximate surface area is 196 Å². The van der Waals surface area contributed by atoms with E-state index >= 15 is 0 Å². The summed E-state index contributed by atoms with van der Waals surface area (Å²) in [6.45, 7) is -0.0938. The van der Waals surface area contributed by atoms with E-state index in [0.29, 0.717) is 22.8 Å². The van der Waals surface area contributed by atoms with Crippen LogP contribution in [0.2, 0.25) is 0 Å². The number of carbonyl (C=O) groups excluding carboxylic acids is 2. The van der Waals surface area contributed by atoms with E-state index in [1.807, 2.05) is 59.6 Å². The minimum absolute atomic E-state index is 0.0938. The van der Waals surface area contributed by atoms with Crippen LogP contribution in [0.1, 0.15) is 33.4 Å². The Hall–Kier alpha value is -3.59. The van der Waals surface area contributed by atoms with Gasteiger partial charge < -0.3 is 18.9 Å². The maximum absolute atomic E-state index is 13.4. The summed E-state index contributed by atoms with van der Waals surface area (Å²) in [7, 11) is 6.76. The summed E-state index contributed by atoms with van der Waals surface area (Å²) >= 11 is 1.35. The molecule has 8 nitrogen and oxygen atoms in total. The molecule has 0 N–H and O–H groups in total. The van der Waals surface area contributed by atoms with Gasteiger partial charge in [-0.1, -0.05) is 6.07 Å². The molecule has 1 aliphatic rings. The minimum atomic E-state index is -0.391. The van der Waals surface area contributed by atoms with Gasteiger partial charge in [-0.3, -0.25) is 9.59 Å². The van der Waals surface area contributed by atoms with Crippen molar-refractivity contribution >= 4 is 28.9 Å². The van der Waals surface area contributed by atoms with E-state index in [2.05, 4.69) is 0 Å². The van der Waals surface area contributed by atoms with Crippen molar-refractivity contribution in [1.29, 1.82) is 0 Å². The first kappa shape index (κ1) is 22.6. The van der Waals surface area contributed by atoms with Crippen molar-refractivity contribution in [2.75, 3.05) is 27.8 Å². The summed E-state index contributed by atoms with van der Waals surface area (Å²) in [5.41, 5.74) is 2.52. The number of aromatic nitrogens is 1. The molecule has 1 aromatic carbocycles. The van der Waals surface area contributed by atoms with E-state index in [1.165, 1.54) is 21.2 Å². The van der Waals surface area contributed by atoms with E-state index in [9.17, 15) is 9.59 Å². The molecule has 0 saturated carbocycles. The fourth-order valence-corrected chi connectivity index (χ4v) is 4.65. The van der Waals surface area contributed by atoms with Crippen LogP contribution in [0, 0.1) is 0 Å². The van der Waals surface area contributed by atoms with Gasteiger partial charge in [0.25, 0.3) is 11.8 Å². The lowest BCUT2D eigenvalue weighted by molar-refractivity contribution is -0.133. The molecule has 3 aromatic rings. The molecule has 1 unspecified atom stereocenters. The van der Waals surface area contributed by atoms with Crippen LogP contribution in [0.15, 0.2) is 59.1 Å². The van der Waals surface area contributed by atoms with E-state index in [0.717, 1.165) is 17.0 Å². The first-order chi connectivity index (χ1) is 15.9. The molecular weight excluding hydrogens is 440 g/mol. The van der Waals surface area contributed by atoms with Crippen LogP contribution in [0.4, 0.5) is 0 Å².